The van der Waals surface area contributed by atoms with Crippen LogP contribution in [-0.4, -0.2) is 44.7 Å². The molecule has 6 nitrogen and oxygen atoms in total. The molecule has 1 aromatic carbocycles. The highest BCUT2D eigenvalue weighted by molar-refractivity contribution is 5.67. The second kappa shape index (κ2) is 7.72. The summed E-state index contributed by atoms with van der Waals surface area (Å²) in [5.74, 6) is 0.705. The first kappa shape index (κ1) is 16.3. The third kappa shape index (κ3) is 4.11. The quantitative estimate of drug-likeness (QED) is 0.827. The Bertz CT molecular complexity index is 418. The minimum Gasteiger partial charge on any atom is -0.497 e. The van der Waals surface area contributed by atoms with Gasteiger partial charge in [-0.2, -0.15) is 0 Å². The Labute approximate surface area is 118 Å². The van der Waals surface area contributed by atoms with Crippen LogP contribution in [0.25, 0.3) is 0 Å². The molecule has 3 atom stereocenters. The van der Waals surface area contributed by atoms with Gasteiger partial charge in [-0.1, -0.05) is 12.1 Å². The number of nitrogens with one attached hydrogen (secondary N) is 1. The van der Waals surface area contributed by atoms with Gasteiger partial charge in [-0.3, -0.25) is 0 Å². The molecule has 0 aliphatic heterocycles. The number of methoxy groups -OCH3 is 3. The fourth-order valence-electron chi connectivity index (χ4n) is 1.96. The summed E-state index contributed by atoms with van der Waals surface area (Å²) in [7, 11) is 4.34. The molecule has 0 fully saturated rings. The van der Waals surface area contributed by atoms with Gasteiger partial charge in [0.05, 0.1) is 26.4 Å². The van der Waals surface area contributed by atoms with Crippen molar-refractivity contribution in [2.75, 3.05) is 21.3 Å². The average molecular weight is 283 g/mol. The number of benzene rings is 1. The number of alkyl carbamates (subject to hydrolysis) is 1. The van der Waals surface area contributed by atoms with Gasteiger partial charge in [0, 0.05) is 7.11 Å². The Morgan fingerprint density at radius 2 is 1.80 bits per heavy atom. The third-order valence-electron chi connectivity index (χ3n) is 3.01. The van der Waals surface area contributed by atoms with Crippen LogP contribution >= 0.6 is 0 Å². The monoisotopic (exact) mass is 283 g/mol. The summed E-state index contributed by atoms with van der Waals surface area (Å²) >= 11 is 0. The van der Waals surface area contributed by atoms with E-state index in [9.17, 15) is 9.90 Å². The maximum Gasteiger partial charge on any atom is 0.407 e. The Morgan fingerprint density at radius 1 is 1.20 bits per heavy atom. The lowest BCUT2D eigenvalue weighted by molar-refractivity contribution is -0.0244. The molecular weight excluding hydrogens is 262 g/mol. The first-order chi connectivity index (χ1) is 9.53. The third-order valence-corrected chi connectivity index (χ3v) is 3.01. The van der Waals surface area contributed by atoms with Gasteiger partial charge in [0.25, 0.3) is 0 Å². The highest BCUT2D eigenvalue weighted by Crippen LogP contribution is 2.24. The molecule has 6 heteroatoms. The predicted molar refractivity (Wildman–Crippen MR) is 73.8 cm³/mol. The molecule has 1 aromatic rings. The van der Waals surface area contributed by atoms with Gasteiger partial charge < -0.3 is 24.6 Å². The van der Waals surface area contributed by atoms with Crippen LogP contribution in [-0.2, 0) is 9.47 Å². The Morgan fingerprint density at radius 3 is 2.20 bits per heavy atom. The van der Waals surface area contributed by atoms with E-state index in [-0.39, 0.29) is 0 Å². The number of hydrogen-bond acceptors (Lipinski definition) is 5. The molecular formula is C14H21NO5. The van der Waals surface area contributed by atoms with Crippen molar-refractivity contribution in [2.24, 2.45) is 0 Å². The molecule has 0 aromatic heterocycles. The van der Waals surface area contributed by atoms with Crippen LogP contribution in [0, 0.1) is 0 Å². The van der Waals surface area contributed by atoms with Crippen LogP contribution < -0.4 is 10.1 Å². The SMILES string of the molecule is COC(=O)N[C@@H](c1ccc(OC)cc1)[C@H](OC)C(C)O. The molecule has 0 saturated carbocycles. The van der Waals surface area contributed by atoms with Gasteiger partial charge in [0.1, 0.15) is 11.9 Å². The van der Waals surface area contributed by atoms with Crippen molar-refractivity contribution < 1.29 is 24.1 Å². The molecule has 0 radical (unpaired) electrons. The summed E-state index contributed by atoms with van der Waals surface area (Å²) in [5.41, 5.74) is 0.781. The van der Waals surface area contributed by atoms with Gasteiger partial charge >= 0.3 is 6.09 Å². The molecule has 1 amide bonds. The van der Waals surface area contributed by atoms with Gasteiger partial charge in [0.15, 0.2) is 0 Å². The summed E-state index contributed by atoms with van der Waals surface area (Å²) in [5, 5.41) is 12.5. The zero-order chi connectivity index (χ0) is 15.1. The van der Waals surface area contributed by atoms with Crippen LogP contribution in [0.15, 0.2) is 24.3 Å². The molecule has 20 heavy (non-hydrogen) atoms. The van der Waals surface area contributed by atoms with E-state index in [1.165, 1.54) is 14.2 Å². The van der Waals surface area contributed by atoms with Crippen LogP contribution in [0.1, 0.15) is 18.5 Å². The summed E-state index contributed by atoms with van der Waals surface area (Å²) in [4.78, 5) is 11.5. The van der Waals surface area contributed by atoms with Crippen LogP contribution in [0.5, 0.6) is 5.75 Å². The van der Waals surface area contributed by atoms with E-state index in [1.54, 1.807) is 38.3 Å². The summed E-state index contributed by atoms with van der Waals surface area (Å²) in [6, 6.07) is 6.62. The fourth-order valence-corrected chi connectivity index (χ4v) is 1.96. The second-order valence-corrected chi connectivity index (χ2v) is 4.33. The first-order valence-corrected chi connectivity index (χ1v) is 6.22. The minimum atomic E-state index is -0.760. The summed E-state index contributed by atoms with van der Waals surface area (Å²) in [6.07, 6.45) is -1.94. The number of aliphatic hydroxyl groups is 1. The highest BCUT2D eigenvalue weighted by Gasteiger charge is 2.29. The number of carbonyl (C=O) groups is 1. The Kier molecular flexibility index (Phi) is 6.27. The lowest BCUT2D eigenvalue weighted by Gasteiger charge is -2.29. The van der Waals surface area contributed by atoms with Gasteiger partial charge in [0.2, 0.25) is 0 Å². The zero-order valence-electron chi connectivity index (χ0n) is 12.1. The van der Waals surface area contributed by atoms with Gasteiger partial charge in [-0.15, -0.1) is 0 Å². The van der Waals surface area contributed by atoms with Crippen molar-refractivity contribution in [2.45, 2.75) is 25.2 Å². The van der Waals surface area contributed by atoms with Crippen LogP contribution in [0.3, 0.4) is 0 Å². The first-order valence-electron chi connectivity index (χ1n) is 6.22. The molecule has 0 saturated heterocycles. The second-order valence-electron chi connectivity index (χ2n) is 4.33. The largest absolute Gasteiger partial charge is 0.497 e. The minimum absolute atomic E-state index is 0.529. The number of rotatable bonds is 6. The van der Waals surface area contributed by atoms with E-state index in [2.05, 4.69) is 10.1 Å². The van der Waals surface area contributed by atoms with Crippen molar-refractivity contribution in [1.29, 1.82) is 0 Å². The molecule has 0 heterocycles. The molecule has 112 valence electrons. The number of amides is 1. The lowest BCUT2D eigenvalue weighted by Crippen LogP contribution is -2.42. The zero-order valence-corrected chi connectivity index (χ0v) is 12.1. The smallest absolute Gasteiger partial charge is 0.407 e. The van der Waals surface area contributed by atoms with E-state index >= 15 is 0 Å². The molecule has 0 bridgehead atoms. The molecule has 1 rings (SSSR count). The van der Waals surface area contributed by atoms with Crippen molar-refractivity contribution >= 4 is 6.09 Å². The Hall–Kier alpha value is -1.79. The van der Waals surface area contributed by atoms with Gasteiger partial charge in [-0.05, 0) is 24.6 Å². The van der Waals surface area contributed by atoms with E-state index in [1.807, 2.05) is 0 Å². The molecule has 0 aliphatic rings. The van der Waals surface area contributed by atoms with Crippen molar-refractivity contribution in [3.63, 3.8) is 0 Å². The highest BCUT2D eigenvalue weighted by atomic mass is 16.5. The van der Waals surface area contributed by atoms with Crippen molar-refractivity contribution in [3.8, 4) is 5.75 Å². The lowest BCUT2D eigenvalue weighted by atomic mass is 9.98. The van der Waals surface area contributed by atoms with E-state index in [0.717, 1.165) is 5.56 Å². The number of ether oxygens (including phenoxy) is 3. The van der Waals surface area contributed by atoms with Crippen molar-refractivity contribution in [1.82, 2.24) is 5.32 Å². The van der Waals surface area contributed by atoms with E-state index in [0.29, 0.717) is 5.75 Å². The molecule has 0 aliphatic carbocycles. The predicted octanol–water partition coefficient (Wildman–Crippen LogP) is 1.49. The van der Waals surface area contributed by atoms with Gasteiger partial charge in [-0.25, -0.2) is 4.79 Å². The van der Waals surface area contributed by atoms with Crippen LogP contribution in [0.4, 0.5) is 4.79 Å². The maximum atomic E-state index is 11.5. The van der Waals surface area contributed by atoms with E-state index in [4.69, 9.17) is 9.47 Å². The molecule has 1 unspecified atom stereocenters. The summed E-state index contributed by atoms with van der Waals surface area (Å²) in [6.45, 7) is 1.60. The Balaban J connectivity index is 3.03. The fraction of sp³-hybridized carbons (Fsp3) is 0.500. The number of carbonyl (C=O) groups excluding carboxylic acids is 1. The number of hydrogen-bond donors (Lipinski definition) is 2. The van der Waals surface area contributed by atoms with Crippen molar-refractivity contribution in [3.05, 3.63) is 29.8 Å². The van der Waals surface area contributed by atoms with Crippen LogP contribution in [0.2, 0.25) is 0 Å². The normalized spacial score (nSPS) is 15.1. The molecule has 0 spiro atoms. The molecule has 2 N–H and O–H groups in total. The summed E-state index contributed by atoms with van der Waals surface area (Å²) < 4.78 is 15.0. The number of aliphatic hydroxyl groups excluding tert-OH is 1. The topological polar surface area (TPSA) is 77.0 Å². The standard InChI is InChI=1S/C14H21NO5/c1-9(16)13(19-3)12(15-14(17)20-4)10-5-7-11(18-2)8-6-10/h5-9,12-13,16H,1-4H3,(H,15,17)/t9?,12-,13+/m0/s1. The average Bonchev–Trinajstić information content (AvgIpc) is 2.46. The maximum absolute atomic E-state index is 11.5. The van der Waals surface area contributed by atoms with E-state index < -0.39 is 24.3 Å².